The molecule has 2 rings (SSSR count). The van der Waals surface area contributed by atoms with Crippen molar-refractivity contribution >= 4 is 27.6 Å². The Morgan fingerprint density at radius 3 is 2.64 bits per heavy atom. The average molecular weight is 408 g/mol. The number of furan rings is 1. The number of ether oxygens (including phenoxy) is 1. The molecule has 152 valence electrons. The highest BCUT2D eigenvalue weighted by atomic mass is 32.2. The number of amides is 1. The number of esters is 1. The monoisotopic (exact) mass is 408 g/mol. The predicted molar refractivity (Wildman–Crippen MR) is 103 cm³/mol. The zero-order valence-electron chi connectivity index (χ0n) is 15.8. The summed E-state index contributed by atoms with van der Waals surface area (Å²) in [5.74, 6) is -0.141. The summed E-state index contributed by atoms with van der Waals surface area (Å²) in [5, 5.41) is 2.52. The van der Waals surface area contributed by atoms with Crippen LogP contribution in [0.15, 0.2) is 52.0 Å². The third-order valence-electron chi connectivity index (χ3n) is 3.73. The molecule has 2 aromatic rings. The third kappa shape index (κ3) is 7.16. The Balaban J connectivity index is 1.89. The number of sulfonamides is 1. The van der Waals surface area contributed by atoms with Crippen LogP contribution in [0.2, 0.25) is 0 Å². The van der Waals surface area contributed by atoms with Crippen molar-refractivity contribution in [2.75, 3.05) is 11.9 Å². The molecule has 8 nitrogen and oxygen atoms in total. The van der Waals surface area contributed by atoms with Gasteiger partial charge < -0.3 is 14.5 Å². The molecule has 0 fully saturated rings. The van der Waals surface area contributed by atoms with E-state index in [1.165, 1.54) is 24.5 Å². The lowest BCUT2D eigenvalue weighted by atomic mass is 10.1. The molecule has 1 aromatic heterocycles. The first-order valence-electron chi connectivity index (χ1n) is 8.84. The van der Waals surface area contributed by atoms with Gasteiger partial charge in [-0.1, -0.05) is 19.9 Å². The Hall–Kier alpha value is -2.65. The summed E-state index contributed by atoms with van der Waals surface area (Å²) < 4.78 is 37.2. The average Bonchev–Trinajstić information content (AvgIpc) is 3.17. The van der Waals surface area contributed by atoms with E-state index in [2.05, 4.69) is 10.0 Å². The van der Waals surface area contributed by atoms with Gasteiger partial charge in [0.1, 0.15) is 5.76 Å². The largest absolute Gasteiger partial charge is 0.468 e. The van der Waals surface area contributed by atoms with E-state index in [1.54, 1.807) is 18.2 Å². The van der Waals surface area contributed by atoms with E-state index in [0.29, 0.717) is 18.1 Å². The fraction of sp³-hybridized carbons (Fsp3) is 0.368. The fourth-order valence-electron chi connectivity index (χ4n) is 2.23. The standard InChI is InChI=1S/C19H24N2O6S/c1-14(2)8-9-19(23)27-13-18(22)21-15-5-3-7-17(11-15)28(24,25)20-12-16-6-4-10-26-16/h3-7,10-11,14,20H,8-9,12-13H2,1-2H3,(H,21,22). The van der Waals surface area contributed by atoms with Gasteiger partial charge in [-0.3, -0.25) is 9.59 Å². The number of benzene rings is 1. The summed E-state index contributed by atoms with van der Waals surface area (Å²) in [5.41, 5.74) is 0.282. The van der Waals surface area contributed by atoms with Crippen molar-refractivity contribution in [3.8, 4) is 0 Å². The quantitative estimate of drug-likeness (QED) is 0.584. The van der Waals surface area contributed by atoms with Crippen LogP contribution in [-0.2, 0) is 30.9 Å². The predicted octanol–water partition coefficient (Wildman–Crippen LogP) is 2.68. The molecule has 0 unspecified atom stereocenters. The van der Waals surface area contributed by atoms with E-state index in [1.807, 2.05) is 13.8 Å². The van der Waals surface area contributed by atoms with Crippen LogP contribution in [0.1, 0.15) is 32.4 Å². The van der Waals surface area contributed by atoms with Crippen LogP contribution in [0.3, 0.4) is 0 Å². The SMILES string of the molecule is CC(C)CCC(=O)OCC(=O)Nc1cccc(S(=O)(=O)NCc2ccco2)c1. The number of anilines is 1. The Bertz CT molecular complexity index is 891. The van der Waals surface area contributed by atoms with Crippen LogP contribution in [-0.4, -0.2) is 26.9 Å². The summed E-state index contributed by atoms with van der Waals surface area (Å²) in [6, 6.07) is 9.10. The third-order valence-corrected chi connectivity index (χ3v) is 5.13. The van der Waals surface area contributed by atoms with Gasteiger partial charge in [-0.25, -0.2) is 13.1 Å². The molecular formula is C19H24N2O6S. The highest BCUT2D eigenvalue weighted by molar-refractivity contribution is 7.89. The minimum Gasteiger partial charge on any atom is -0.468 e. The second-order valence-corrected chi connectivity index (χ2v) is 8.34. The topological polar surface area (TPSA) is 115 Å². The molecule has 0 saturated heterocycles. The molecule has 1 aromatic carbocycles. The van der Waals surface area contributed by atoms with Crippen LogP contribution in [0.4, 0.5) is 5.69 Å². The van der Waals surface area contributed by atoms with Gasteiger partial charge in [0.05, 0.1) is 17.7 Å². The molecule has 0 aliphatic rings. The fourth-order valence-corrected chi connectivity index (χ4v) is 3.26. The number of carbonyl (C=O) groups is 2. The number of carbonyl (C=O) groups excluding carboxylic acids is 2. The Labute approximate surface area is 164 Å². The van der Waals surface area contributed by atoms with Crippen LogP contribution in [0.25, 0.3) is 0 Å². The molecule has 0 radical (unpaired) electrons. The first kappa shape index (κ1) is 21.6. The van der Waals surface area contributed by atoms with Gasteiger partial charge in [0, 0.05) is 12.1 Å². The highest BCUT2D eigenvalue weighted by Crippen LogP contribution is 2.16. The lowest BCUT2D eigenvalue weighted by Crippen LogP contribution is -2.24. The van der Waals surface area contributed by atoms with E-state index >= 15 is 0 Å². The number of hydrogen-bond acceptors (Lipinski definition) is 6. The molecule has 0 bridgehead atoms. The molecule has 0 aliphatic carbocycles. The van der Waals surface area contributed by atoms with Gasteiger partial charge in [0.15, 0.2) is 6.61 Å². The maximum atomic E-state index is 12.4. The molecule has 1 heterocycles. The molecule has 2 N–H and O–H groups in total. The van der Waals surface area contributed by atoms with Crippen molar-refractivity contribution in [2.24, 2.45) is 5.92 Å². The molecule has 28 heavy (non-hydrogen) atoms. The van der Waals surface area contributed by atoms with Crippen LogP contribution >= 0.6 is 0 Å². The second-order valence-electron chi connectivity index (χ2n) is 6.57. The maximum Gasteiger partial charge on any atom is 0.306 e. The van der Waals surface area contributed by atoms with Crippen molar-refractivity contribution in [1.82, 2.24) is 4.72 Å². The zero-order valence-corrected chi connectivity index (χ0v) is 16.6. The summed E-state index contributed by atoms with van der Waals surface area (Å²) in [6.07, 6.45) is 2.39. The van der Waals surface area contributed by atoms with Gasteiger partial charge in [0.25, 0.3) is 5.91 Å². The Morgan fingerprint density at radius 2 is 1.96 bits per heavy atom. The van der Waals surface area contributed by atoms with E-state index < -0.39 is 28.5 Å². The molecule has 0 spiro atoms. The van der Waals surface area contributed by atoms with Crippen molar-refractivity contribution < 1.29 is 27.2 Å². The normalized spacial score (nSPS) is 11.4. The number of nitrogens with one attached hydrogen (secondary N) is 2. The number of hydrogen-bond donors (Lipinski definition) is 2. The van der Waals surface area contributed by atoms with Crippen molar-refractivity contribution in [1.29, 1.82) is 0 Å². The van der Waals surface area contributed by atoms with Crippen LogP contribution in [0, 0.1) is 5.92 Å². The summed E-state index contributed by atoms with van der Waals surface area (Å²) in [7, 11) is -3.78. The zero-order chi connectivity index (χ0) is 20.6. The van der Waals surface area contributed by atoms with Gasteiger partial charge in [-0.15, -0.1) is 0 Å². The summed E-state index contributed by atoms with van der Waals surface area (Å²) >= 11 is 0. The highest BCUT2D eigenvalue weighted by Gasteiger charge is 2.16. The smallest absolute Gasteiger partial charge is 0.306 e. The molecule has 1 amide bonds. The summed E-state index contributed by atoms with van der Waals surface area (Å²) in [6.45, 7) is 3.57. The van der Waals surface area contributed by atoms with E-state index in [-0.39, 0.29) is 23.5 Å². The van der Waals surface area contributed by atoms with E-state index in [4.69, 9.17) is 9.15 Å². The minimum absolute atomic E-state index is 0.00853. The maximum absolute atomic E-state index is 12.4. The van der Waals surface area contributed by atoms with Gasteiger partial charge >= 0.3 is 5.97 Å². The van der Waals surface area contributed by atoms with E-state index in [9.17, 15) is 18.0 Å². The minimum atomic E-state index is -3.78. The van der Waals surface area contributed by atoms with Crippen LogP contribution in [0.5, 0.6) is 0 Å². The van der Waals surface area contributed by atoms with E-state index in [0.717, 1.165) is 0 Å². The van der Waals surface area contributed by atoms with Gasteiger partial charge in [-0.2, -0.15) is 0 Å². The number of rotatable bonds is 10. The first-order valence-corrected chi connectivity index (χ1v) is 10.3. The molecule has 0 aliphatic heterocycles. The van der Waals surface area contributed by atoms with Crippen molar-refractivity contribution in [3.63, 3.8) is 0 Å². The lowest BCUT2D eigenvalue weighted by molar-refractivity contribution is -0.147. The second kappa shape index (κ2) is 10.0. The van der Waals surface area contributed by atoms with Crippen LogP contribution < -0.4 is 10.0 Å². The van der Waals surface area contributed by atoms with Gasteiger partial charge in [0.2, 0.25) is 10.0 Å². The van der Waals surface area contributed by atoms with Gasteiger partial charge in [-0.05, 0) is 42.7 Å². The lowest BCUT2D eigenvalue weighted by Gasteiger charge is -2.10. The molecule has 0 atom stereocenters. The summed E-state index contributed by atoms with van der Waals surface area (Å²) in [4.78, 5) is 23.5. The first-order chi connectivity index (χ1) is 13.3. The molecule has 0 saturated carbocycles. The Morgan fingerprint density at radius 1 is 1.18 bits per heavy atom. The molecular weight excluding hydrogens is 384 g/mol. The van der Waals surface area contributed by atoms with Crippen molar-refractivity contribution in [3.05, 3.63) is 48.4 Å². The molecule has 9 heteroatoms. The van der Waals surface area contributed by atoms with Crippen molar-refractivity contribution in [2.45, 2.75) is 38.1 Å². The Kier molecular flexibility index (Phi) is 7.77.